The first-order chi connectivity index (χ1) is 5.31. The van der Waals surface area contributed by atoms with Gasteiger partial charge < -0.3 is 15.4 Å². The van der Waals surface area contributed by atoms with E-state index in [1.165, 1.54) is 0 Å². The zero-order valence-corrected chi connectivity index (χ0v) is 6.43. The number of ether oxygens (including phenoxy) is 1. The third-order valence-corrected chi connectivity index (χ3v) is 2.50. The van der Waals surface area contributed by atoms with E-state index in [0.29, 0.717) is 6.61 Å². The van der Waals surface area contributed by atoms with Crippen LogP contribution >= 0.6 is 0 Å². The minimum Gasteiger partial charge on any atom is -0.447 e. The van der Waals surface area contributed by atoms with Crippen molar-refractivity contribution in [3.05, 3.63) is 0 Å². The fourth-order valence-electron chi connectivity index (χ4n) is 1.79. The molecule has 0 radical (unpaired) electrons. The van der Waals surface area contributed by atoms with Crippen LogP contribution in [0.4, 0.5) is 4.79 Å². The second kappa shape index (κ2) is 2.37. The number of nitrogens with two attached hydrogens (primary N) is 1. The van der Waals surface area contributed by atoms with E-state index >= 15 is 0 Å². The molecule has 2 fully saturated rings. The van der Waals surface area contributed by atoms with Crippen LogP contribution in [0.2, 0.25) is 0 Å². The zero-order valence-electron chi connectivity index (χ0n) is 6.43. The fourth-order valence-corrected chi connectivity index (χ4v) is 1.79. The highest BCUT2D eigenvalue weighted by Crippen LogP contribution is 2.21. The average Bonchev–Trinajstić information content (AvgIpc) is 2.34. The van der Waals surface area contributed by atoms with E-state index in [-0.39, 0.29) is 11.6 Å². The van der Waals surface area contributed by atoms with Crippen LogP contribution < -0.4 is 10.6 Å². The van der Waals surface area contributed by atoms with Crippen LogP contribution in [0, 0.1) is 0 Å². The van der Waals surface area contributed by atoms with Crippen LogP contribution in [-0.4, -0.2) is 31.3 Å². The summed E-state index contributed by atoms with van der Waals surface area (Å²) in [6.07, 6.45) is 1.84. The van der Waals surface area contributed by atoms with E-state index in [1.54, 1.807) is 0 Å². The molecule has 4 heteroatoms. The van der Waals surface area contributed by atoms with E-state index in [9.17, 15) is 4.79 Å². The summed E-state index contributed by atoms with van der Waals surface area (Å²) >= 11 is 0. The van der Waals surface area contributed by atoms with Gasteiger partial charge in [0.25, 0.3) is 0 Å². The molecule has 2 heterocycles. The molecule has 1 spiro atoms. The predicted molar refractivity (Wildman–Crippen MR) is 38.1 cm³/mol. The lowest BCUT2D eigenvalue weighted by atomic mass is 9.90. The summed E-state index contributed by atoms with van der Waals surface area (Å²) in [5.41, 5.74) is -0.00810. The van der Waals surface area contributed by atoms with Crippen LogP contribution in [0.15, 0.2) is 0 Å². The van der Waals surface area contributed by atoms with Crippen molar-refractivity contribution in [2.45, 2.75) is 18.4 Å². The molecule has 0 aromatic rings. The van der Waals surface area contributed by atoms with Gasteiger partial charge in [0.1, 0.15) is 6.61 Å². The minimum absolute atomic E-state index is 0.00810. The van der Waals surface area contributed by atoms with Crippen molar-refractivity contribution in [3.63, 3.8) is 0 Å². The van der Waals surface area contributed by atoms with E-state index in [2.05, 4.69) is 10.6 Å². The molecule has 3 N–H and O–H groups in total. The van der Waals surface area contributed by atoms with Crippen molar-refractivity contribution < 1.29 is 14.8 Å². The number of amides is 1. The highest BCUT2D eigenvalue weighted by molar-refractivity contribution is 5.70. The van der Waals surface area contributed by atoms with Crippen LogP contribution in [0.5, 0.6) is 0 Å². The molecule has 0 atom stereocenters. The number of hydrogen-bond acceptors (Lipinski definition) is 2. The first kappa shape index (κ1) is 6.91. The Bertz CT molecular complexity index is 175. The number of alkyl carbamates (subject to hydrolysis) is 1. The molecule has 0 aromatic carbocycles. The average molecular weight is 157 g/mol. The quantitative estimate of drug-likeness (QED) is 0.465. The topological polar surface area (TPSA) is 54.9 Å². The molecule has 0 saturated carbocycles. The first-order valence-corrected chi connectivity index (χ1v) is 4.07. The molecule has 11 heavy (non-hydrogen) atoms. The van der Waals surface area contributed by atoms with Gasteiger partial charge in [-0.15, -0.1) is 0 Å². The zero-order chi connectivity index (χ0) is 7.73. The highest BCUT2D eigenvalue weighted by Gasteiger charge is 2.41. The summed E-state index contributed by atoms with van der Waals surface area (Å²) in [4.78, 5) is 10.8. The lowest BCUT2D eigenvalue weighted by Crippen LogP contribution is -2.88. The maximum atomic E-state index is 10.8. The van der Waals surface area contributed by atoms with Gasteiger partial charge in [-0.1, -0.05) is 0 Å². The van der Waals surface area contributed by atoms with Crippen molar-refractivity contribution in [3.8, 4) is 0 Å². The summed E-state index contributed by atoms with van der Waals surface area (Å²) < 4.78 is 4.88. The van der Waals surface area contributed by atoms with Gasteiger partial charge in [-0.3, -0.25) is 0 Å². The Balaban J connectivity index is 2.03. The standard InChI is InChI=1S/C7H12N2O2/c10-6-9-7(5-11-6)1-3-8-4-2-7/h8H,1-5H2,(H,9,10)/p+1. The number of piperidine rings is 1. The first-order valence-electron chi connectivity index (χ1n) is 4.07. The summed E-state index contributed by atoms with van der Waals surface area (Å²) in [6.45, 7) is 2.77. The summed E-state index contributed by atoms with van der Waals surface area (Å²) in [5.74, 6) is 0. The number of nitrogens with one attached hydrogen (secondary N) is 1. The molecular weight excluding hydrogens is 144 g/mol. The number of quaternary nitrogens is 1. The van der Waals surface area contributed by atoms with Crippen molar-refractivity contribution >= 4 is 6.09 Å². The summed E-state index contributed by atoms with van der Waals surface area (Å²) in [5, 5.41) is 5.16. The largest absolute Gasteiger partial charge is 0.447 e. The van der Waals surface area contributed by atoms with E-state index in [1.807, 2.05) is 0 Å². The molecule has 2 aliphatic rings. The Morgan fingerprint density at radius 2 is 2.18 bits per heavy atom. The maximum Gasteiger partial charge on any atom is 0.407 e. The number of carbonyl (C=O) groups excluding carboxylic acids is 1. The van der Waals surface area contributed by atoms with Gasteiger partial charge in [-0.2, -0.15) is 0 Å². The molecular formula is C7H13N2O2+. The predicted octanol–water partition coefficient (Wildman–Crippen LogP) is -1.18. The smallest absolute Gasteiger partial charge is 0.407 e. The van der Waals surface area contributed by atoms with E-state index in [4.69, 9.17) is 4.74 Å². The van der Waals surface area contributed by atoms with Gasteiger partial charge in [-0.25, -0.2) is 4.79 Å². The molecule has 62 valence electrons. The lowest BCUT2D eigenvalue weighted by molar-refractivity contribution is -0.665. The monoisotopic (exact) mass is 157 g/mol. The second-order valence-electron chi connectivity index (χ2n) is 3.35. The molecule has 0 aromatic heterocycles. The Morgan fingerprint density at radius 3 is 2.73 bits per heavy atom. The van der Waals surface area contributed by atoms with Gasteiger partial charge in [-0.05, 0) is 0 Å². The number of hydrogen-bond donors (Lipinski definition) is 2. The maximum absolute atomic E-state index is 10.8. The molecule has 4 nitrogen and oxygen atoms in total. The van der Waals surface area contributed by atoms with Crippen LogP contribution in [0.1, 0.15) is 12.8 Å². The molecule has 0 unspecified atom stereocenters. The minimum atomic E-state index is -0.244. The molecule has 2 rings (SSSR count). The SMILES string of the molecule is O=C1NC2(CC[NH2+]CC2)CO1. The van der Waals surface area contributed by atoms with Gasteiger partial charge in [0, 0.05) is 12.8 Å². The molecule has 0 bridgehead atoms. The molecule has 0 aliphatic carbocycles. The Hall–Kier alpha value is -0.770. The van der Waals surface area contributed by atoms with E-state index < -0.39 is 0 Å². The third-order valence-electron chi connectivity index (χ3n) is 2.50. The summed E-state index contributed by atoms with van der Waals surface area (Å²) in [6, 6.07) is 0. The third kappa shape index (κ3) is 1.18. The van der Waals surface area contributed by atoms with E-state index in [0.717, 1.165) is 25.9 Å². The Morgan fingerprint density at radius 1 is 1.45 bits per heavy atom. The molecule has 1 amide bonds. The number of cyclic esters (lactones) is 1. The molecule has 2 aliphatic heterocycles. The van der Waals surface area contributed by atoms with Crippen molar-refractivity contribution in [1.29, 1.82) is 0 Å². The number of carbonyl (C=O) groups is 1. The van der Waals surface area contributed by atoms with Crippen LogP contribution in [-0.2, 0) is 4.74 Å². The van der Waals surface area contributed by atoms with Gasteiger partial charge >= 0.3 is 6.09 Å². The van der Waals surface area contributed by atoms with Crippen LogP contribution in [0.25, 0.3) is 0 Å². The van der Waals surface area contributed by atoms with Crippen molar-refractivity contribution in [1.82, 2.24) is 5.32 Å². The molecule has 2 saturated heterocycles. The van der Waals surface area contributed by atoms with Gasteiger partial charge in [0.2, 0.25) is 0 Å². The Labute approximate surface area is 65.3 Å². The van der Waals surface area contributed by atoms with Crippen molar-refractivity contribution in [2.24, 2.45) is 0 Å². The van der Waals surface area contributed by atoms with Gasteiger partial charge in [0.05, 0.1) is 18.6 Å². The van der Waals surface area contributed by atoms with Crippen LogP contribution in [0.3, 0.4) is 0 Å². The highest BCUT2D eigenvalue weighted by atomic mass is 16.6. The van der Waals surface area contributed by atoms with Crippen molar-refractivity contribution in [2.75, 3.05) is 19.7 Å². The fraction of sp³-hybridized carbons (Fsp3) is 0.857. The Kier molecular flexibility index (Phi) is 1.49. The summed E-state index contributed by atoms with van der Waals surface area (Å²) in [7, 11) is 0. The van der Waals surface area contributed by atoms with Gasteiger partial charge in [0.15, 0.2) is 0 Å². The lowest BCUT2D eigenvalue weighted by Gasteiger charge is -2.28. The second-order valence-corrected chi connectivity index (χ2v) is 3.35. The number of rotatable bonds is 0. The normalized spacial score (nSPS) is 28.2.